The summed E-state index contributed by atoms with van der Waals surface area (Å²) in [6.45, 7) is 0. The van der Waals surface area contributed by atoms with Gasteiger partial charge in [-0.25, -0.2) is 9.98 Å². The van der Waals surface area contributed by atoms with Crippen LogP contribution in [0.2, 0.25) is 0 Å². The normalized spacial score (nSPS) is 11.9. The molecule has 0 saturated carbocycles. The number of nitrogens with zero attached hydrogens (tertiary/aromatic N) is 2. The van der Waals surface area contributed by atoms with Gasteiger partial charge in [-0.1, -0.05) is 18.2 Å². The number of aromatic nitrogens is 1. The van der Waals surface area contributed by atoms with Gasteiger partial charge < -0.3 is 10.2 Å². The summed E-state index contributed by atoms with van der Waals surface area (Å²) in [6, 6.07) is 15.2. The Hall–Kier alpha value is -2.33. The number of hydrogen-bond acceptors (Lipinski definition) is 3. The Morgan fingerprint density at radius 1 is 1.20 bits per heavy atom. The molecule has 0 spiro atoms. The molecule has 1 heterocycles. The Morgan fingerprint density at radius 3 is 2.85 bits per heavy atom. The lowest BCUT2D eigenvalue weighted by Gasteiger charge is -1.99. The van der Waals surface area contributed by atoms with Crippen molar-refractivity contribution < 1.29 is 4.42 Å². The van der Waals surface area contributed by atoms with Gasteiger partial charge in [-0.3, -0.25) is 0 Å². The molecule has 0 bridgehead atoms. The van der Waals surface area contributed by atoms with Crippen LogP contribution in [0.5, 0.6) is 0 Å². The summed E-state index contributed by atoms with van der Waals surface area (Å²) < 4.78 is 5.72. The number of alkyl halides is 1. The van der Waals surface area contributed by atoms with Gasteiger partial charge in [0.1, 0.15) is 11.4 Å². The molecule has 2 N–H and O–H groups in total. The fourth-order valence-electron chi connectivity index (χ4n) is 1.90. The molecule has 20 heavy (non-hydrogen) atoms. The molecule has 5 heteroatoms. The second-order valence-electron chi connectivity index (χ2n) is 4.27. The zero-order chi connectivity index (χ0) is 13.9. The monoisotopic (exact) mass is 285 g/mol. The number of hydrogen-bond donors (Lipinski definition) is 1. The highest BCUT2D eigenvalue weighted by Crippen LogP contribution is 2.26. The second-order valence-corrected chi connectivity index (χ2v) is 4.54. The number of aliphatic imine (C=N–C) groups is 1. The van der Waals surface area contributed by atoms with Crippen LogP contribution < -0.4 is 5.73 Å². The summed E-state index contributed by atoms with van der Waals surface area (Å²) in [5, 5.41) is 0. The molecule has 4 nitrogen and oxygen atoms in total. The number of oxazole rings is 1. The maximum atomic E-state index is 5.72. The fourth-order valence-corrected chi connectivity index (χ4v) is 1.96. The van der Waals surface area contributed by atoms with E-state index in [1.54, 1.807) is 0 Å². The van der Waals surface area contributed by atoms with Crippen LogP contribution in [0, 0.1) is 0 Å². The van der Waals surface area contributed by atoms with Gasteiger partial charge in [0.2, 0.25) is 5.89 Å². The highest BCUT2D eigenvalue weighted by atomic mass is 35.5. The molecule has 0 aliphatic carbocycles. The zero-order valence-corrected chi connectivity index (χ0v) is 11.3. The fraction of sp³-hybridized carbons (Fsp3) is 0.0667. The predicted octanol–water partition coefficient (Wildman–Crippen LogP) is 3.72. The van der Waals surface area contributed by atoms with Gasteiger partial charge >= 0.3 is 0 Å². The molecular weight excluding hydrogens is 274 g/mol. The topological polar surface area (TPSA) is 64.4 Å². The lowest BCUT2D eigenvalue weighted by molar-refractivity contribution is 0.620. The summed E-state index contributed by atoms with van der Waals surface area (Å²) in [5.41, 5.74) is 8.80. The minimum atomic E-state index is 0.202. The first-order valence-electron chi connectivity index (χ1n) is 6.11. The van der Waals surface area contributed by atoms with Crippen LogP contribution in [0.3, 0.4) is 0 Å². The van der Waals surface area contributed by atoms with E-state index in [-0.39, 0.29) is 5.88 Å². The average Bonchev–Trinajstić information content (AvgIpc) is 2.91. The number of halogens is 1. The summed E-state index contributed by atoms with van der Waals surface area (Å²) in [6.07, 6.45) is 0. The van der Waals surface area contributed by atoms with Crippen molar-refractivity contribution in [2.75, 3.05) is 5.88 Å². The van der Waals surface area contributed by atoms with Crippen molar-refractivity contribution in [3.8, 4) is 11.5 Å². The molecule has 2 aromatic carbocycles. The van der Waals surface area contributed by atoms with Crippen molar-refractivity contribution in [1.82, 2.24) is 4.98 Å². The standard InChI is InChI=1S/C15H12ClN3O/c16-9-14(17)18-11-5-3-4-10(8-11)15-19-12-6-1-2-7-13(12)20-15/h1-8H,9H2,(H2,17,18). The van der Waals surface area contributed by atoms with Crippen molar-refractivity contribution in [1.29, 1.82) is 0 Å². The average molecular weight is 286 g/mol. The number of benzene rings is 2. The first kappa shape index (κ1) is 12.7. The van der Waals surface area contributed by atoms with Gasteiger partial charge in [0, 0.05) is 5.56 Å². The van der Waals surface area contributed by atoms with Crippen molar-refractivity contribution >= 4 is 34.2 Å². The highest BCUT2D eigenvalue weighted by molar-refractivity contribution is 6.28. The van der Waals surface area contributed by atoms with E-state index in [1.165, 1.54) is 0 Å². The molecule has 100 valence electrons. The molecular formula is C15H12ClN3O. The van der Waals surface area contributed by atoms with Gasteiger partial charge in [-0.15, -0.1) is 11.6 Å². The van der Waals surface area contributed by atoms with Crippen LogP contribution in [-0.2, 0) is 0 Å². The number of nitrogens with two attached hydrogens (primary N) is 1. The van der Waals surface area contributed by atoms with E-state index >= 15 is 0 Å². The molecule has 0 radical (unpaired) electrons. The van der Waals surface area contributed by atoms with Crippen LogP contribution in [0.1, 0.15) is 0 Å². The van der Waals surface area contributed by atoms with Crippen molar-refractivity contribution in [2.45, 2.75) is 0 Å². The molecule has 0 amide bonds. The number of fused-ring (bicyclic) bond motifs is 1. The summed E-state index contributed by atoms with van der Waals surface area (Å²) in [7, 11) is 0. The van der Waals surface area contributed by atoms with E-state index in [1.807, 2.05) is 48.5 Å². The van der Waals surface area contributed by atoms with E-state index in [9.17, 15) is 0 Å². The van der Waals surface area contributed by atoms with E-state index in [0.717, 1.165) is 22.4 Å². The molecule has 0 saturated heterocycles. The third kappa shape index (κ3) is 2.51. The van der Waals surface area contributed by atoms with Crippen molar-refractivity contribution in [2.24, 2.45) is 10.7 Å². The third-order valence-corrected chi connectivity index (χ3v) is 3.07. The molecule has 3 rings (SSSR count). The molecule has 0 atom stereocenters. The summed E-state index contributed by atoms with van der Waals surface area (Å²) in [5.74, 6) is 1.14. The Morgan fingerprint density at radius 2 is 2.05 bits per heavy atom. The Labute approximate surface area is 120 Å². The first-order chi connectivity index (χ1) is 9.76. The van der Waals surface area contributed by atoms with Crippen LogP contribution in [-0.4, -0.2) is 16.7 Å². The zero-order valence-electron chi connectivity index (χ0n) is 10.6. The smallest absolute Gasteiger partial charge is 0.227 e. The highest BCUT2D eigenvalue weighted by Gasteiger charge is 2.08. The summed E-state index contributed by atoms with van der Waals surface area (Å²) in [4.78, 5) is 8.66. The van der Waals surface area contributed by atoms with Crippen molar-refractivity contribution in [3.05, 3.63) is 48.5 Å². The van der Waals surface area contributed by atoms with Gasteiger partial charge in [-0.2, -0.15) is 0 Å². The van der Waals surface area contributed by atoms with Crippen molar-refractivity contribution in [3.63, 3.8) is 0 Å². The molecule has 0 aliphatic rings. The predicted molar refractivity (Wildman–Crippen MR) is 81.4 cm³/mol. The molecule has 3 aromatic rings. The number of rotatable bonds is 3. The first-order valence-corrected chi connectivity index (χ1v) is 6.65. The van der Waals surface area contributed by atoms with Crippen LogP contribution in [0.4, 0.5) is 5.69 Å². The Bertz CT molecular complexity index is 746. The third-order valence-electron chi connectivity index (χ3n) is 2.80. The molecule has 0 unspecified atom stereocenters. The quantitative estimate of drug-likeness (QED) is 0.453. The minimum Gasteiger partial charge on any atom is -0.436 e. The number of para-hydroxylation sites is 2. The molecule has 0 fully saturated rings. The lowest BCUT2D eigenvalue weighted by Crippen LogP contribution is -2.12. The van der Waals surface area contributed by atoms with Crippen LogP contribution in [0.15, 0.2) is 57.9 Å². The number of amidine groups is 1. The van der Waals surface area contributed by atoms with Crippen LogP contribution >= 0.6 is 11.6 Å². The Kier molecular flexibility index (Phi) is 3.39. The van der Waals surface area contributed by atoms with E-state index in [4.69, 9.17) is 21.8 Å². The Balaban J connectivity index is 2.03. The van der Waals surface area contributed by atoms with E-state index in [0.29, 0.717) is 11.7 Å². The van der Waals surface area contributed by atoms with Gasteiger partial charge in [-0.05, 0) is 30.3 Å². The van der Waals surface area contributed by atoms with Gasteiger partial charge in [0.25, 0.3) is 0 Å². The van der Waals surface area contributed by atoms with E-state index in [2.05, 4.69) is 9.98 Å². The molecule has 0 aliphatic heterocycles. The summed E-state index contributed by atoms with van der Waals surface area (Å²) >= 11 is 5.63. The second kappa shape index (κ2) is 5.35. The lowest BCUT2D eigenvalue weighted by atomic mass is 10.2. The minimum absolute atomic E-state index is 0.202. The SMILES string of the molecule is NC(CCl)=Nc1cccc(-c2nc3ccccc3o2)c1. The largest absolute Gasteiger partial charge is 0.436 e. The van der Waals surface area contributed by atoms with Crippen LogP contribution in [0.25, 0.3) is 22.6 Å². The maximum absolute atomic E-state index is 5.72. The maximum Gasteiger partial charge on any atom is 0.227 e. The van der Waals surface area contributed by atoms with Gasteiger partial charge in [0.15, 0.2) is 5.58 Å². The van der Waals surface area contributed by atoms with Gasteiger partial charge in [0.05, 0.1) is 11.6 Å². The van der Waals surface area contributed by atoms with E-state index < -0.39 is 0 Å². The molecule has 1 aromatic heterocycles.